The third kappa shape index (κ3) is 4.62. The number of nitrogens with zero attached hydrogens (tertiary/aromatic N) is 4. The highest BCUT2D eigenvalue weighted by Crippen LogP contribution is 2.34. The standard InChI is InChI=1S/C30H21F3N6O3/c1-16(40)18-5-4-8-21(14-18)35-28(41)17-9-11-22(12-10-17)39-29(42)24-25(19-6-3-7-20(13-19)30(31,32)33)36-27-23(26(24)37-39)15-34-38(27)2/h3-15,37H,1-2H3,(H,35,41). The topological polar surface area (TPSA) is 115 Å². The van der Waals surface area contributed by atoms with Crippen LogP contribution in [0.3, 0.4) is 0 Å². The first-order valence-corrected chi connectivity index (χ1v) is 12.7. The number of aromatic amines is 1. The van der Waals surface area contributed by atoms with Crippen molar-refractivity contribution in [3.8, 4) is 16.9 Å². The lowest BCUT2D eigenvalue weighted by Gasteiger charge is -2.09. The van der Waals surface area contributed by atoms with Gasteiger partial charge in [-0.1, -0.05) is 24.3 Å². The van der Waals surface area contributed by atoms with Crippen molar-refractivity contribution in [3.05, 3.63) is 106 Å². The number of aromatic nitrogens is 5. The summed E-state index contributed by atoms with van der Waals surface area (Å²) in [5.74, 6) is -0.548. The summed E-state index contributed by atoms with van der Waals surface area (Å²) in [6.45, 7) is 1.43. The Kier molecular flexibility index (Phi) is 6.25. The van der Waals surface area contributed by atoms with Crippen molar-refractivity contribution in [1.29, 1.82) is 0 Å². The number of ketones is 1. The van der Waals surface area contributed by atoms with Gasteiger partial charge in [-0.3, -0.25) is 24.2 Å². The molecule has 2 N–H and O–H groups in total. The third-order valence-electron chi connectivity index (χ3n) is 6.90. The van der Waals surface area contributed by atoms with E-state index < -0.39 is 23.2 Å². The van der Waals surface area contributed by atoms with Gasteiger partial charge in [-0.15, -0.1) is 0 Å². The third-order valence-corrected chi connectivity index (χ3v) is 6.90. The summed E-state index contributed by atoms with van der Waals surface area (Å²) in [5.41, 5.74) is 1.16. The molecule has 0 saturated carbocycles. The Hall–Kier alpha value is -5.52. The molecule has 12 heteroatoms. The van der Waals surface area contributed by atoms with Crippen molar-refractivity contribution >= 4 is 39.3 Å². The molecule has 0 aliphatic carbocycles. The molecular formula is C30H21F3N6O3. The molecule has 0 atom stereocenters. The number of nitrogens with one attached hydrogen (secondary N) is 2. The van der Waals surface area contributed by atoms with Gasteiger partial charge in [0.1, 0.15) is 0 Å². The summed E-state index contributed by atoms with van der Waals surface area (Å²) in [4.78, 5) is 42.8. The maximum Gasteiger partial charge on any atom is 0.416 e. The van der Waals surface area contributed by atoms with E-state index in [4.69, 9.17) is 0 Å². The van der Waals surface area contributed by atoms with Crippen molar-refractivity contribution in [2.75, 3.05) is 5.32 Å². The lowest BCUT2D eigenvalue weighted by Crippen LogP contribution is -2.16. The lowest BCUT2D eigenvalue weighted by atomic mass is 10.0. The average molecular weight is 571 g/mol. The molecule has 210 valence electrons. The summed E-state index contributed by atoms with van der Waals surface area (Å²) in [6.07, 6.45) is -3.05. The van der Waals surface area contributed by atoms with Crippen LogP contribution < -0.4 is 10.9 Å². The number of hydrogen-bond donors (Lipinski definition) is 2. The Bertz CT molecular complexity index is 2090. The number of pyridine rings is 1. The van der Waals surface area contributed by atoms with E-state index in [0.717, 1.165) is 12.1 Å². The van der Waals surface area contributed by atoms with Crippen LogP contribution in [0.4, 0.5) is 18.9 Å². The minimum absolute atomic E-state index is 0.0796. The summed E-state index contributed by atoms with van der Waals surface area (Å²) in [5, 5.41) is 10.6. The smallest absolute Gasteiger partial charge is 0.322 e. The number of amides is 1. The van der Waals surface area contributed by atoms with Crippen molar-refractivity contribution in [2.45, 2.75) is 13.1 Å². The molecule has 1 amide bonds. The van der Waals surface area contributed by atoms with Crippen LogP contribution in [0.5, 0.6) is 0 Å². The Labute approximate surface area is 235 Å². The molecule has 42 heavy (non-hydrogen) atoms. The van der Waals surface area contributed by atoms with Crippen molar-refractivity contribution < 1.29 is 22.8 Å². The van der Waals surface area contributed by atoms with Gasteiger partial charge in [0.25, 0.3) is 11.5 Å². The first kappa shape index (κ1) is 26.7. The summed E-state index contributed by atoms with van der Waals surface area (Å²) < 4.78 is 43.2. The molecule has 0 unspecified atom stereocenters. The van der Waals surface area contributed by atoms with E-state index in [-0.39, 0.29) is 22.4 Å². The minimum Gasteiger partial charge on any atom is -0.322 e. The van der Waals surface area contributed by atoms with E-state index in [1.807, 2.05) is 0 Å². The summed E-state index contributed by atoms with van der Waals surface area (Å²) in [6, 6.07) is 17.4. The van der Waals surface area contributed by atoms with Crippen LogP contribution in [0.1, 0.15) is 33.2 Å². The van der Waals surface area contributed by atoms with E-state index in [2.05, 4.69) is 20.5 Å². The number of hydrogen-bond acceptors (Lipinski definition) is 5. The van der Waals surface area contributed by atoms with Gasteiger partial charge in [0.15, 0.2) is 11.4 Å². The quantitative estimate of drug-likeness (QED) is 0.257. The number of benzene rings is 3. The van der Waals surface area contributed by atoms with Crippen molar-refractivity contribution in [1.82, 2.24) is 24.5 Å². The van der Waals surface area contributed by atoms with Crippen LogP contribution >= 0.6 is 0 Å². The molecule has 0 saturated heterocycles. The molecule has 0 radical (unpaired) electrons. The minimum atomic E-state index is -4.58. The first-order valence-electron chi connectivity index (χ1n) is 12.7. The molecule has 0 fully saturated rings. The molecule has 6 rings (SSSR count). The molecular weight excluding hydrogens is 549 g/mol. The zero-order chi connectivity index (χ0) is 29.8. The van der Waals surface area contributed by atoms with Crippen molar-refractivity contribution in [3.63, 3.8) is 0 Å². The van der Waals surface area contributed by atoms with Gasteiger partial charge in [0.05, 0.1) is 39.4 Å². The first-order chi connectivity index (χ1) is 20.0. The maximum atomic E-state index is 13.7. The molecule has 0 aliphatic rings. The molecule has 3 aromatic heterocycles. The second kappa shape index (κ2) is 9.84. The van der Waals surface area contributed by atoms with E-state index in [1.54, 1.807) is 43.4 Å². The van der Waals surface area contributed by atoms with E-state index in [0.29, 0.717) is 39.1 Å². The highest BCUT2D eigenvalue weighted by molar-refractivity contribution is 6.08. The van der Waals surface area contributed by atoms with E-state index in [1.165, 1.54) is 46.7 Å². The number of alkyl halides is 3. The number of rotatable bonds is 5. The highest BCUT2D eigenvalue weighted by Gasteiger charge is 2.31. The van der Waals surface area contributed by atoms with Crippen LogP contribution in [-0.4, -0.2) is 36.2 Å². The zero-order valence-corrected chi connectivity index (χ0v) is 22.2. The van der Waals surface area contributed by atoms with Crippen LogP contribution in [-0.2, 0) is 13.2 Å². The molecule has 0 spiro atoms. The Balaban J connectivity index is 1.42. The Morgan fingerprint density at radius 2 is 1.69 bits per heavy atom. The second-order valence-electron chi connectivity index (χ2n) is 9.68. The number of aryl methyl sites for hydroxylation is 1. The van der Waals surface area contributed by atoms with Gasteiger partial charge in [-0.05, 0) is 55.5 Å². The normalized spacial score (nSPS) is 11.7. The van der Waals surface area contributed by atoms with Crippen LogP contribution in [0.25, 0.3) is 38.9 Å². The predicted molar refractivity (Wildman–Crippen MR) is 151 cm³/mol. The van der Waals surface area contributed by atoms with Gasteiger partial charge in [-0.25, -0.2) is 9.67 Å². The number of Topliss-reactive ketones (excluding diaryl/α,β-unsaturated/α-hetero) is 1. The monoisotopic (exact) mass is 570 g/mol. The average Bonchev–Trinajstić information content (AvgIpc) is 3.52. The fraction of sp³-hybridized carbons (Fsp3) is 0.100. The van der Waals surface area contributed by atoms with Gasteiger partial charge in [-0.2, -0.15) is 18.3 Å². The largest absolute Gasteiger partial charge is 0.416 e. The Morgan fingerprint density at radius 1 is 0.952 bits per heavy atom. The second-order valence-corrected chi connectivity index (χ2v) is 9.68. The molecule has 3 heterocycles. The lowest BCUT2D eigenvalue weighted by molar-refractivity contribution is -0.137. The molecule has 6 aromatic rings. The van der Waals surface area contributed by atoms with Crippen LogP contribution in [0.15, 0.2) is 83.8 Å². The van der Waals surface area contributed by atoms with Crippen molar-refractivity contribution in [2.24, 2.45) is 7.05 Å². The van der Waals surface area contributed by atoms with E-state index in [9.17, 15) is 27.6 Å². The molecule has 9 nitrogen and oxygen atoms in total. The van der Waals surface area contributed by atoms with Gasteiger partial charge >= 0.3 is 6.18 Å². The number of H-pyrrole nitrogens is 1. The number of anilines is 1. The van der Waals surface area contributed by atoms with Gasteiger partial charge in [0, 0.05) is 29.4 Å². The van der Waals surface area contributed by atoms with Crippen LogP contribution in [0.2, 0.25) is 0 Å². The fourth-order valence-electron chi connectivity index (χ4n) is 4.77. The SMILES string of the molecule is CC(=O)c1cccc(NC(=O)c2ccc(-n3[nH]c4c(c(-c5cccc(C(F)(F)F)c5)nc5c4cnn5C)c3=O)cc2)c1. The maximum absolute atomic E-state index is 13.7. The number of carbonyl (C=O) groups excluding carboxylic acids is 2. The van der Waals surface area contributed by atoms with E-state index >= 15 is 0 Å². The zero-order valence-electron chi connectivity index (χ0n) is 22.2. The number of halogens is 3. The highest BCUT2D eigenvalue weighted by atomic mass is 19.4. The van der Waals surface area contributed by atoms with Gasteiger partial charge < -0.3 is 5.32 Å². The molecule has 0 aliphatic heterocycles. The molecule has 3 aromatic carbocycles. The van der Waals surface area contributed by atoms with Gasteiger partial charge in [0.2, 0.25) is 0 Å². The number of carbonyl (C=O) groups is 2. The Morgan fingerprint density at radius 3 is 2.40 bits per heavy atom. The molecule has 0 bridgehead atoms. The summed E-state index contributed by atoms with van der Waals surface area (Å²) >= 11 is 0. The van der Waals surface area contributed by atoms with Crippen LogP contribution in [0, 0.1) is 0 Å². The fourth-order valence-corrected chi connectivity index (χ4v) is 4.77. The number of fused-ring (bicyclic) bond motifs is 3. The predicted octanol–water partition coefficient (Wildman–Crippen LogP) is 5.74. The summed E-state index contributed by atoms with van der Waals surface area (Å²) in [7, 11) is 1.65.